The van der Waals surface area contributed by atoms with Crippen LogP contribution < -0.4 is 16.0 Å². The van der Waals surface area contributed by atoms with E-state index in [2.05, 4.69) is 16.0 Å². The number of thioether (sulfide) groups is 1. The molecule has 0 aliphatic carbocycles. The van der Waals surface area contributed by atoms with Gasteiger partial charge in [-0.15, -0.1) is 0 Å². The van der Waals surface area contributed by atoms with Gasteiger partial charge in [0, 0.05) is 18.0 Å². The summed E-state index contributed by atoms with van der Waals surface area (Å²) in [6.45, 7) is 3.73. The zero-order valence-electron chi connectivity index (χ0n) is 10.7. The molecule has 2 rings (SSSR count). The van der Waals surface area contributed by atoms with Crippen molar-refractivity contribution in [1.29, 1.82) is 0 Å². The molecule has 1 heterocycles. The van der Waals surface area contributed by atoms with Crippen molar-refractivity contribution in [3.63, 3.8) is 0 Å². The number of carbonyl (C=O) groups is 2. The van der Waals surface area contributed by atoms with Crippen LogP contribution in [0.2, 0.25) is 0 Å². The fourth-order valence-corrected chi connectivity index (χ4v) is 2.56. The molecular formula is C13H17N3O2S. The van der Waals surface area contributed by atoms with Crippen molar-refractivity contribution in [3.8, 4) is 0 Å². The second kappa shape index (κ2) is 6.58. The van der Waals surface area contributed by atoms with E-state index in [1.807, 2.05) is 31.2 Å². The average Bonchev–Trinajstić information content (AvgIpc) is 2.83. The lowest BCUT2D eigenvalue weighted by molar-refractivity contribution is -0.117. The molecule has 1 fully saturated rings. The molecule has 1 aromatic rings. The van der Waals surface area contributed by atoms with Gasteiger partial charge >= 0.3 is 0 Å². The van der Waals surface area contributed by atoms with Crippen LogP contribution in [-0.4, -0.2) is 29.5 Å². The van der Waals surface area contributed by atoms with Crippen molar-refractivity contribution in [1.82, 2.24) is 10.6 Å². The summed E-state index contributed by atoms with van der Waals surface area (Å²) in [5.41, 5.74) is 1.87. The van der Waals surface area contributed by atoms with Gasteiger partial charge in [0.15, 0.2) is 0 Å². The summed E-state index contributed by atoms with van der Waals surface area (Å²) in [6.07, 6.45) is 0. The van der Waals surface area contributed by atoms with Crippen LogP contribution >= 0.6 is 11.8 Å². The zero-order valence-corrected chi connectivity index (χ0v) is 11.5. The molecule has 0 radical (unpaired) electrons. The maximum atomic E-state index is 11.9. The van der Waals surface area contributed by atoms with E-state index in [1.165, 1.54) is 0 Å². The zero-order chi connectivity index (χ0) is 13.7. The van der Waals surface area contributed by atoms with Crippen LogP contribution in [0.4, 0.5) is 10.5 Å². The second-order valence-corrected chi connectivity index (χ2v) is 5.26. The van der Waals surface area contributed by atoms with Crippen molar-refractivity contribution in [3.05, 3.63) is 29.8 Å². The van der Waals surface area contributed by atoms with E-state index in [1.54, 1.807) is 0 Å². The quantitative estimate of drug-likeness (QED) is 0.765. The van der Waals surface area contributed by atoms with Crippen LogP contribution in [0.1, 0.15) is 12.5 Å². The van der Waals surface area contributed by atoms with Gasteiger partial charge in [-0.2, -0.15) is 0 Å². The van der Waals surface area contributed by atoms with E-state index in [4.69, 9.17) is 0 Å². The molecule has 0 spiro atoms. The highest BCUT2D eigenvalue weighted by atomic mass is 32.2. The van der Waals surface area contributed by atoms with Crippen molar-refractivity contribution >= 4 is 28.6 Å². The number of rotatable bonds is 5. The monoisotopic (exact) mass is 279 g/mol. The van der Waals surface area contributed by atoms with E-state index in [0.29, 0.717) is 5.75 Å². The molecule has 19 heavy (non-hydrogen) atoms. The Morgan fingerprint density at radius 3 is 3.05 bits per heavy atom. The molecule has 5 nitrogen and oxygen atoms in total. The highest BCUT2D eigenvalue weighted by molar-refractivity contribution is 8.14. The predicted molar refractivity (Wildman–Crippen MR) is 77.2 cm³/mol. The van der Waals surface area contributed by atoms with Crippen molar-refractivity contribution in [2.45, 2.75) is 19.5 Å². The minimum Gasteiger partial charge on any atom is -0.334 e. The number of benzene rings is 1. The maximum absolute atomic E-state index is 11.9. The second-order valence-electron chi connectivity index (χ2n) is 4.27. The van der Waals surface area contributed by atoms with Gasteiger partial charge in [0.25, 0.3) is 5.24 Å². The molecule has 0 bridgehead atoms. The molecule has 1 aliphatic heterocycles. The first-order valence-electron chi connectivity index (χ1n) is 6.23. The number of hydrogen-bond acceptors (Lipinski definition) is 4. The first kappa shape index (κ1) is 13.9. The van der Waals surface area contributed by atoms with Crippen molar-refractivity contribution in [2.75, 3.05) is 17.6 Å². The Bertz CT molecular complexity index is 479. The molecule has 1 saturated heterocycles. The van der Waals surface area contributed by atoms with Crippen LogP contribution in [0.15, 0.2) is 24.3 Å². The van der Waals surface area contributed by atoms with E-state index >= 15 is 0 Å². The molecule has 0 aromatic heterocycles. The summed E-state index contributed by atoms with van der Waals surface area (Å²) < 4.78 is 0. The number of nitrogens with one attached hydrogen (secondary N) is 3. The Morgan fingerprint density at radius 2 is 2.37 bits per heavy atom. The van der Waals surface area contributed by atoms with E-state index in [-0.39, 0.29) is 11.1 Å². The Morgan fingerprint density at radius 1 is 1.53 bits per heavy atom. The molecule has 2 amide bonds. The van der Waals surface area contributed by atoms with Crippen LogP contribution in [0.5, 0.6) is 0 Å². The summed E-state index contributed by atoms with van der Waals surface area (Å²) >= 11 is 1.14. The highest BCUT2D eigenvalue weighted by Crippen LogP contribution is 2.16. The fraction of sp³-hybridized carbons (Fsp3) is 0.385. The summed E-state index contributed by atoms with van der Waals surface area (Å²) in [5.74, 6) is 0.320. The van der Waals surface area contributed by atoms with Gasteiger partial charge in [0.1, 0.15) is 6.04 Å². The Balaban J connectivity index is 1.94. The first-order valence-corrected chi connectivity index (χ1v) is 7.21. The predicted octanol–water partition coefficient (Wildman–Crippen LogP) is 1.56. The lowest BCUT2D eigenvalue weighted by Gasteiger charge is -2.11. The third-order valence-corrected chi connectivity index (χ3v) is 3.64. The minimum atomic E-state index is -0.435. The van der Waals surface area contributed by atoms with Gasteiger partial charge in [-0.05, 0) is 24.2 Å². The van der Waals surface area contributed by atoms with Gasteiger partial charge in [0.2, 0.25) is 5.91 Å². The molecule has 1 aromatic carbocycles. The SMILES string of the molecule is CCNCc1cccc(NC(=O)[C@@H]2CSC(=O)N2)c1. The number of carbonyl (C=O) groups excluding carboxylic acids is 2. The van der Waals surface area contributed by atoms with Crippen molar-refractivity contribution in [2.24, 2.45) is 0 Å². The molecule has 1 atom stereocenters. The largest absolute Gasteiger partial charge is 0.334 e. The number of hydrogen-bond donors (Lipinski definition) is 3. The van der Waals surface area contributed by atoms with Crippen LogP contribution in [0.3, 0.4) is 0 Å². The standard InChI is InChI=1S/C13H17N3O2S/c1-2-14-7-9-4-3-5-10(6-9)15-12(17)11-8-19-13(18)16-11/h3-6,11,14H,2,7-8H2,1H3,(H,15,17)(H,16,18)/t11-/m0/s1. The van der Waals surface area contributed by atoms with Crippen LogP contribution in [0, 0.1) is 0 Å². The van der Waals surface area contributed by atoms with Gasteiger partial charge < -0.3 is 16.0 Å². The Kier molecular flexibility index (Phi) is 4.81. The molecule has 3 N–H and O–H groups in total. The molecule has 1 aliphatic rings. The van der Waals surface area contributed by atoms with Gasteiger partial charge in [-0.3, -0.25) is 9.59 Å². The fourth-order valence-electron chi connectivity index (χ4n) is 1.78. The molecule has 0 saturated carbocycles. The molecule has 6 heteroatoms. The van der Waals surface area contributed by atoms with Crippen molar-refractivity contribution < 1.29 is 9.59 Å². The lowest BCUT2D eigenvalue weighted by Crippen LogP contribution is -2.38. The number of anilines is 1. The average molecular weight is 279 g/mol. The highest BCUT2D eigenvalue weighted by Gasteiger charge is 2.27. The summed E-state index contributed by atoms with van der Waals surface area (Å²) in [5, 5.41) is 8.54. The van der Waals surface area contributed by atoms with Gasteiger partial charge in [-0.25, -0.2) is 0 Å². The van der Waals surface area contributed by atoms with E-state index in [0.717, 1.165) is 36.1 Å². The topological polar surface area (TPSA) is 70.2 Å². The smallest absolute Gasteiger partial charge is 0.279 e. The number of amides is 2. The third-order valence-electron chi connectivity index (χ3n) is 2.76. The molecule has 102 valence electrons. The maximum Gasteiger partial charge on any atom is 0.279 e. The summed E-state index contributed by atoms with van der Waals surface area (Å²) in [7, 11) is 0. The summed E-state index contributed by atoms with van der Waals surface area (Å²) in [4.78, 5) is 23.0. The Hall–Kier alpha value is -1.53. The van der Waals surface area contributed by atoms with Crippen LogP contribution in [0.25, 0.3) is 0 Å². The third kappa shape index (κ3) is 3.97. The Labute approximate surface area is 116 Å². The van der Waals surface area contributed by atoms with E-state index < -0.39 is 6.04 Å². The molecule has 0 unspecified atom stereocenters. The first-order chi connectivity index (χ1) is 9.19. The minimum absolute atomic E-state index is 0.138. The van der Waals surface area contributed by atoms with E-state index in [9.17, 15) is 9.59 Å². The van der Waals surface area contributed by atoms with Crippen LogP contribution in [-0.2, 0) is 11.3 Å². The summed E-state index contributed by atoms with van der Waals surface area (Å²) in [6, 6.07) is 7.26. The van der Waals surface area contributed by atoms with Gasteiger partial charge in [-0.1, -0.05) is 30.8 Å². The molecular weight excluding hydrogens is 262 g/mol. The van der Waals surface area contributed by atoms with Gasteiger partial charge in [0.05, 0.1) is 0 Å². The normalized spacial score (nSPS) is 18.2. The lowest BCUT2D eigenvalue weighted by atomic mass is 10.2.